The van der Waals surface area contributed by atoms with Gasteiger partial charge in [-0.1, -0.05) is 15.9 Å². The molecule has 2 N–H and O–H groups in total. The van der Waals surface area contributed by atoms with Gasteiger partial charge in [-0.15, -0.1) is 0 Å². The van der Waals surface area contributed by atoms with E-state index in [1.165, 1.54) is 6.07 Å². The fraction of sp³-hybridized carbons (Fsp3) is 0.364. The Morgan fingerprint density at radius 1 is 1.44 bits per heavy atom. The van der Waals surface area contributed by atoms with Crippen LogP contribution in [0.5, 0.6) is 0 Å². The van der Waals surface area contributed by atoms with E-state index in [0.717, 1.165) is 0 Å². The molecule has 0 saturated heterocycles. The van der Waals surface area contributed by atoms with Crippen LogP contribution in [0.4, 0.5) is 18.9 Å². The molecule has 0 fully saturated rings. The van der Waals surface area contributed by atoms with Crippen LogP contribution in [0.2, 0.25) is 0 Å². The molecule has 1 aliphatic rings. The second-order valence-electron chi connectivity index (χ2n) is 4.11. The second-order valence-corrected chi connectivity index (χ2v) is 5.03. The molecule has 0 radical (unpaired) electrons. The maximum atomic E-state index is 12.8. The molecule has 2 unspecified atom stereocenters. The molecule has 3 nitrogen and oxygen atoms in total. The normalized spacial score (nSPS) is 23.1. The van der Waals surface area contributed by atoms with Crippen molar-refractivity contribution in [1.29, 1.82) is 0 Å². The van der Waals surface area contributed by atoms with Gasteiger partial charge in [0, 0.05) is 10.2 Å². The molecule has 1 heterocycles. The summed E-state index contributed by atoms with van der Waals surface area (Å²) < 4.78 is 39.1. The summed E-state index contributed by atoms with van der Waals surface area (Å²) in [5.74, 6) is -2.96. The van der Waals surface area contributed by atoms with Gasteiger partial charge in [-0.2, -0.15) is 13.2 Å². The minimum atomic E-state index is -4.59. The maximum absolute atomic E-state index is 12.8. The molecule has 2 atom stereocenters. The number of carbonyl (C=O) groups is 1. The minimum absolute atomic E-state index is 0.138. The number of alkyl halides is 3. The lowest BCUT2D eigenvalue weighted by atomic mass is 9.87. The Kier molecular flexibility index (Phi) is 3.27. The molecule has 0 spiro atoms. The number of hydrogen-bond acceptors (Lipinski definition) is 2. The Balaban J connectivity index is 2.40. The summed E-state index contributed by atoms with van der Waals surface area (Å²) in [7, 11) is 0. The highest BCUT2D eigenvalue weighted by molar-refractivity contribution is 9.10. The summed E-state index contributed by atoms with van der Waals surface area (Å²) in [5, 5.41) is 11.2. The van der Waals surface area contributed by atoms with Crippen LogP contribution in [-0.4, -0.2) is 23.3 Å². The van der Waals surface area contributed by atoms with Crippen LogP contribution in [-0.2, 0) is 11.2 Å². The molecule has 0 amide bonds. The molecule has 1 aromatic carbocycles. The highest BCUT2D eigenvalue weighted by Crippen LogP contribution is 2.37. The third-order valence-corrected chi connectivity index (χ3v) is 3.38. The first-order valence-corrected chi connectivity index (χ1v) is 5.93. The van der Waals surface area contributed by atoms with Gasteiger partial charge >= 0.3 is 12.1 Å². The molecule has 2 rings (SSSR count). The smallest absolute Gasteiger partial charge is 0.409 e. The lowest BCUT2D eigenvalue weighted by Crippen LogP contribution is -2.49. The third-order valence-electron chi connectivity index (χ3n) is 2.89. The maximum Gasteiger partial charge on any atom is 0.409 e. The zero-order valence-corrected chi connectivity index (χ0v) is 10.5. The molecule has 0 saturated carbocycles. The highest BCUT2D eigenvalue weighted by Gasteiger charge is 2.49. The van der Waals surface area contributed by atoms with Crippen molar-refractivity contribution >= 4 is 27.6 Å². The van der Waals surface area contributed by atoms with Crippen molar-refractivity contribution in [2.24, 2.45) is 5.92 Å². The van der Waals surface area contributed by atoms with Gasteiger partial charge in [-0.05, 0) is 30.2 Å². The van der Waals surface area contributed by atoms with Crippen LogP contribution in [0.3, 0.4) is 0 Å². The number of fused-ring (bicyclic) bond motifs is 1. The van der Waals surface area contributed by atoms with E-state index >= 15 is 0 Å². The highest BCUT2D eigenvalue weighted by atomic mass is 79.9. The van der Waals surface area contributed by atoms with E-state index in [-0.39, 0.29) is 6.42 Å². The van der Waals surface area contributed by atoms with Crippen molar-refractivity contribution in [3.8, 4) is 0 Å². The molecule has 0 bridgehead atoms. The fourth-order valence-corrected chi connectivity index (χ4v) is 2.44. The molecule has 0 aromatic heterocycles. The molecule has 1 aliphatic heterocycles. The van der Waals surface area contributed by atoms with Crippen LogP contribution in [0, 0.1) is 5.92 Å². The predicted octanol–water partition coefficient (Wildman–Crippen LogP) is 3.05. The van der Waals surface area contributed by atoms with E-state index < -0.39 is 24.1 Å². The van der Waals surface area contributed by atoms with Gasteiger partial charge < -0.3 is 10.4 Å². The molecule has 1 aromatic rings. The van der Waals surface area contributed by atoms with E-state index in [4.69, 9.17) is 5.11 Å². The summed E-state index contributed by atoms with van der Waals surface area (Å²) >= 11 is 3.20. The topological polar surface area (TPSA) is 49.3 Å². The van der Waals surface area contributed by atoms with Crippen molar-refractivity contribution in [2.45, 2.75) is 18.6 Å². The van der Waals surface area contributed by atoms with Gasteiger partial charge in [0.05, 0.1) is 5.92 Å². The van der Waals surface area contributed by atoms with E-state index in [1.54, 1.807) is 12.1 Å². The van der Waals surface area contributed by atoms with Gasteiger partial charge in [0.1, 0.15) is 6.04 Å². The lowest BCUT2D eigenvalue weighted by molar-refractivity contribution is -0.169. The number of hydrogen-bond donors (Lipinski definition) is 2. The third kappa shape index (κ3) is 2.45. The predicted molar refractivity (Wildman–Crippen MR) is 62.4 cm³/mol. The van der Waals surface area contributed by atoms with Crippen molar-refractivity contribution < 1.29 is 23.1 Å². The number of carboxylic acids is 1. The summed E-state index contributed by atoms with van der Waals surface area (Å²) in [4.78, 5) is 11.0. The zero-order chi connectivity index (χ0) is 13.5. The average Bonchev–Trinajstić information content (AvgIpc) is 2.25. The largest absolute Gasteiger partial charge is 0.481 e. The van der Waals surface area contributed by atoms with E-state index in [0.29, 0.717) is 15.7 Å². The standard InChI is InChI=1S/C11H9BrF3NO2/c12-6-1-2-8-5(3-6)4-7(10(17)18)9(16-8)11(13,14)15/h1-3,7,9,16H,4H2,(H,17,18). The van der Waals surface area contributed by atoms with Crippen LogP contribution >= 0.6 is 15.9 Å². The zero-order valence-electron chi connectivity index (χ0n) is 8.96. The number of aliphatic carboxylic acids is 1. The first-order chi connectivity index (χ1) is 8.29. The first-order valence-electron chi connectivity index (χ1n) is 5.13. The Morgan fingerprint density at radius 2 is 2.11 bits per heavy atom. The van der Waals surface area contributed by atoms with Gasteiger partial charge in [0.25, 0.3) is 0 Å². The summed E-state index contributed by atoms with van der Waals surface area (Å²) in [5.41, 5.74) is 0.898. The molecular formula is C11H9BrF3NO2. The molecule has 7 heteroatoms. The van der Waals surface area contributed by atoms with Gasteiger partial charge in [0.15, 0.2) is 0 Å². The Hall–Kier alpha value is -1.24. The number of carboxylic acid groups (broad SMARTS) is 1. The number of nitrogens with one attached hydrogen (secondary N) is 1. The quantitative estimate of drug-likeness (QED) is 0.835. The number of rotatable bonds is 1. The van der Waals surface area contributed by atoms with E-state index in [9.17, 15) is 18.0 Å². The minimum Gasteiger partial charge on any atom is -0.481 e. The summed E-state index contributed by atoms with van der Waals surface area (Å²) in [6.45, 7) is 0. The first kappa shape index (κ1) is 13.2. The van der Waals surface area contributed by atoms with Crippen molar-refractivity contribution in [3.63, 3.8) is 0 Å². The molecule has 98 valence electrons. The van der Waals surface area contributed by atoms with Crippen molar-refractivity contribution in [1.82, 2.24) is 0 Å². The molecule has 18 heavy (non-hydrogen) atoms. The second kappa shape index (κ2) is 4.46. The molecule has 0 aliphatic carbocycles. The van der Waals surface area contributed by atoms with E-state index in [2.05, 4.69) is 21.2 Å². The Morgan fingerprint density at radius 3 is 2.67 bits per heavy atom. The molecular weight excluding hydrogens is 315 g/mol. The number of halogens is 4. The van der Waals surface area contributed by atoms with Crippen LogP contribution < -0.4 is 5.32 Å². The average molecular weight is 324 g/mol. The number of anilines is 1. The van der Waals surface area contributed by atoms with E-state index in [1.807, 2.05) is 0 Å². The van der Waals surface area contributed by atoms with Crippen LogP contribution in [0.25, 0.3) is 0 Å². The summed E-state index contributed by atoms with van der Waals surface area (Å²) in [6, 6.07) is 2.70. The monoisotopic (exact) mass is 323 g/mol. The van der Waals surface area contributed by atoms with Gasteiger partial charge in [-0.3, -0.25) is 4.79 Å². The van der Waals surface area contributed by atoms with Crippen LogP contribution in [0.15, 0.2) is 22.7 Å². The lowest BCUT2D eigenvalue weighted by Gasteiger charge is -2.33. The van der Waals surface area contributed by atoms with Crippen molar-refractivity contribution in [3.05, 3.63) is 28.2 Å². The SMILES string of the molecule is O=C(O)C1Cc2cc(Br)ccc2NC1C(F)(F)F. The fourth-order valence-electron chi connectivity index (χ4n) is 2.03. The van der Waals surface area contributed by atoms with Gasteiger partial charge in [-0.25, -0.2) is 0 Å². The van der Waals surface area contributed by atoms with Crippen LogP contribution in [0.1, 0.15) is 5.56 Å². The van der Waals surface area contributed by atoms with Crippen molar-refractivity contribution in [2.75, 3.05) is 5.32 Å². The summed E-state index contributed by atoms with van der Waals surface area (Å²) in [6.07, 6.45) is -4.73. The number of benzene rings is 1. The van der Waals surface area contributed by atoms with Gasteiger partial charge in [0.2, 0.25) is 0 Å². The Bertz CT molecular complexity index is 490. The Labute approximate surface area is 109 Å².